The molecule has 1 aromatic heterocycles. The van der Waals surface area contributed by atoms with E-state index in [1.165, 1.54) is 0 Å². The van der Waals surface area contributed by atoms with Crippen molar-refractivity contribution in [3.8, 4) is 0 Å². The third-order valence-corrected chi connectivity index (χ3v) is 2.64. The van der Waals surface area contributed by atoms with Crippen molar-refractivity contribution in [1.82, 2.24) is 9.97 Å². The fourth-order valence-electron chi connectivity index (χ4n) is 1.49. The Balaban J connectivity index is 1.97. The van der Waals surface area contributed by atoms with Gasteiger partial charge in [0, 0.05) is 18.3 Å². The molecular formula is C10H13N3O. The Morgan fingerprint density at radius 3 is 2.79 bits per heavy atom. The van der Waals surface area contributed by atoms with Crippen molar-refractivity contribution >= 4 is 11.7 Å². The largest absolute Gasteiger partial charge is 0.309 e. The molecule has 0 bridgehead atoms. The van der Waals surface area contributed by atoms with Crippen molar-refractivity contribution in [2.75, 3.05) is 5.32 Å². The Hall–Kier alpha value is -1.45. The van der Waals surface area contributed by atoms with Crippen LogP contribution < -0.4 is 5.32 Å². The quantitative estimate of drug-likeness (QED) is 0.770. The summed E-state index contributed by atoms with van der Waals surface area (Å²) >= 11 is 0. The molecule has 4 heteroatoms. The van der Waals surface area contributed by atoms with Gasteiger partial charge < -0.3 is 5.32 Å². The van der Waals surface area contributed by atoms with E-state index in [2.05, 4.69) is 29.1 Å². The summed E-state index contributed by atoms with van der Waals surface area (Å²) in [5.41, 5.74) is 0.159. The predicted molar refractivity (Wildman–Crippen MR) is 52.5 cm³/mol. The monoisotopic (exact) mass is 191 g/mol. The number of amides is 1. The summed E-state index contributed by atoms with van der Waals surface area (Å²) in [6, 6.07) is 0. The molecule has 4 nitrogen and oxygen atoms in total. The Bertz CT molecular complexity index is 348. The average Bonchev–Trinajstić information content (AvgIpc) is 2.77. The van der Waals surface area contributed by atoms with Gasteiger partial charge in [0.15, 0.2) is 5.82 Å². The highest BCUT2D eigenvalue weighted by Gasteiger charge is 2.50. The van der Waals surface area contributed by atoms with Crippen molar-refractivity contribution in [2.45, 2.75) is 20.3 Å². The number of carbonyl (C=O) groups excluding carboxylic acids is 1. The smallest absolute Gasteiger partial charge is 0.229 e. The molecule has 1 fully saturated rings. The van der Waals surface area contributed by atoms with Gasteiger partial charge in [-0.2, -0.15) is 0 Å². The summed E-state index contributed by atoms with van der Waals surface area (Å²) < 4.78 is 0. The van der Waals surface area contributed by atoms with Crippen LogP contribution in [-0.4, -0.2) is 15.9 Å². The molecule has 74 valence electrons. The van der Waals surface area contributed by atoms with Gasteiger partial charge in [-0.1, -0.05) is 13.8 Å². The zero-order valence-corrected chi connectivity index (χ0v) is 8.32. The zero-order valence-electron chi connectivity index (χ0n) is 8.32. The molecule has 1 aromatic rings. The molecule has 0 saturated heterocycles. The number of hydrogen-bond donors (Lipinski definition) is 1. The predicted octanol–water partition coefficient (Wildman–Crippen LogP) is 1.46. The standard InChI is InChI=1S/C10H13N3O/c1-10(2)5-7(10)9(14)13-8-6-11-3-4-12-8/h3-4,6-7H,5H2,1-2H3,(H,12,13,14). The molecule has 1 amide bonds. The fourth-order valence-corrected chi connectivity index (χ4v) is 1.49. The van der Waals surface area contributed by atoms with Gasteiger partial charge in [0.2, 0.25) is 5.91 Å². The minimum atomic E-state index is 0.0514. The summed E-state index contributed by atoms with van der Waals surface area (Å²) in [6.45, 7) is 4.18. The molecule has 1 atom stereocenters. The van der Waals surface area contributed by atoms with Crippen molar-refractivity contribution in [3.63, 3.8) is 0 Å². The van der Waals surface area contributed by atoms with Gasteiger partial charge in [-0.05, 0) is 11.8 Å². The number of nitrogens with zero attached hydrogens (tertiary/aromatic N) is 2. The number of anilines is 1. The molecule has 1 heterocycles. The molecular weight excluding hydrogens is 178 g/mol. The Morgan fingerprint density at radius 2 is 2.29 bits per heavy atom. The van der Waals surface area contributed by atoms with Crippen LogP contribution in [0.4, 0.5) is 5.82 Å². The average molecular weight is 191 g/mol. The van der Waals surface area contributed by atoms with Crippen LogP contribution in [0.2, 0.25) is 0 Å². The molecule has 0 aromatic carbocycles. The van der Waals surface area contributed by atoms with Crippen LogP contribution in [0.1, 0.15) is 20.3 Å². The first kappa shape index (κ1) is 9.12. The van der Waals surface area contributed by atoms with E-state index in [1.807, 2.05) is 0 Å². The maximum absolute atomic E-state index is 11.6. The lowest BCUT2D eigenvalue weighted by atomic mass is 10.1. The van der Waals surface area contributed by atoms with Crippen LogP contribution in [0, 0.1) is 11.3 Å². The van der Waals surface area contributed by atoms with Crippen LogP contribution in [0.5, 0.6) is 0 Å². The molecule has 2 rings (SSSR count). The van der Waals surface area contributed by atoms with Gasteiger partial charge >= 0.3 is 0 Å². The summed E-state index contributed by atoms with van der Waals surface area (Å²) in [6.07, 6.45) is 5.65. The van der Waals surface area contributed by atoms with E-state index in [0.717, 1.165) is 6.42 Å². The maximum atomic E-state index is 11.6. The molecule has 1 unspecified atom stereocenters. The summed E-state index contributed by atoms with van der Waals surface area (Å²) in [5, 5.41) is 2.75. The molecule has 0 spiro atoms. The molecule has 1 aliphatic rings. The minimum absolute atomic E-state index is 0.0514. The second-order valence-electron chi connectivity index (χ2n) is 4.33. The second-order valence-corrected chi connectivity index (χ2v) is 4.33. The Labute approximate surface area is 82.8 Å². The fraction of sp³-hybridized carbons (Fsp3) is 0.500. The highest BCUT2D eigenvalue weighted by Crippen LogP contribution is 2.51. The van der Waals surface area contributed by atoms with Crippen molar-refractivity contribution < 1.29 is 4.79 Å². The van der Waals surface area contributed by atoms with Crippen molar-refractivity contribution in [2.24, 2.45) is 11.3 Å². The number of rotatable bonds is 2. The van der Waals surface area contributed by atoms with Crippen molar-refractivity contribution in [1.29, 1.82) is 0 Å². The first-order chi connectivity index (χ1) is 6.59. The summed E-state index contributed by atoms with van der Waals surface area (Å²) in [5.74, 6) is 0.709. The van der Waals surface area contributed by atoms with Gasteiger partial charge in [0.25, 0.3) is 0 Å². The van der Waals surface area contributed by atoms with E-state index in [-0.39, 0.29) is 17.2 Å². The van der Waals surface area contributed by atoms with E-state index >= 15 is 0 Å². The third kappa shape index (κ3) is 1.73. The van der Waals surface area contributed by atoms with Crippen LogP contribution in [0.15, 0.2) is 18.6 Å². The van der Waals surface area contributed by atoms with Crippen LogP contribution in [-0.2, 0) is 4.79 Å². The first-order valence-electron chi connectivity index (χ1n) is 4.66. The van der Waals surface area contributed by atoms with E-state index in [0.29, 0.717) is 5.82 Å². The van der Waals surface area contributed by atoms with Gasteiger partial charge in [0.05, 0.1) is 6.20 Å². The van der Waals surface area contributed by atoms with E-state index < -0.39 is 0 Å². The lowest BCUT2D eigenvalue weighted by Gasteiger charge is -2.04. The normalized spacial score (nSPS) is 22.9. The minimum Gasteiger partial charge on any atom is -0.309 e. The molecule has 14 heavy (non-hydrogen) atoms. The van der Waals surface area contributed by atoms with Gasteiger partial charge in [-0.15, -0.1) is 0 Å². The topological polar surface area (TPSA) is 54.9 Å². The second kappa shape index (κ2) is 3.04. The number of hydrogen-bond acceptors (Lipinski definition) is 3. The van der Waals surface area contributed by atoms with E-state index in [1.54, 1.807) is 18.6 Å². The van der Waals surface area contributed by atoms with Crippen LogP contribution in [0.25, 0.3) is 0 Å². The zero-order chi connectivity index (χ0) is 10.2. The lowest BCUT2D eigenvalue weighted by molar-refractivity contribution is -0.118. The molecule has 1 saturated carbocycles. The first-order valence-corrected chi connectivity index (χ1v) is 4.66. The van der Waals surface area contributed by atoms with Gasteiger partial charge in [-0.3, -0.25) is 9.78 Å². The SMILES string of the molecule is CC1(C)CC1C(=O)Nc1cnccn1. The highest BCUT2D eigenvalue weighted by atomic mass is 16.2. The highest BCUT2D eigenvalue weighted by molar-refractivity contribution is 5.94. The lowest BCUT2D eigenvalue weighted by Crippen LogP contribution is -2.17. The Morgan fingerprint density at radius 1 is 1.57 bits per heavy atom. The Kier molecular flexibility index (Phi) is 1.98. The molecule has 0 aliphatic heterocycles. The maximum Gasteiger partial charge on any atom is 0.229 e. The third-order valence-electron chi connectivity index (χ3n) is 2.64. The molecule has 1 N–H and O–H groups in total. The summed E-state index contributed by atoms with van der Waals surface area (Å²) in [7, 11) is 0. The van der Waals surface area contributed by atoms with E-state index in [4.69, 9.17) is 0 Å². The summed E-state index contributed by atoms with van der Waals surface area (Å²) in [4.78, 5) is 19.5. The van der Waals surface area contributed by atoms with Crippen LogP contribution in [0.3, 0.4) is 0 Å². The van der Waals surface area contributed by atoms with Crippen LogP contribution >= 0.6 is 0 Å². The van der Waals surface area contributed by atoms with Crippen molar-refractivity contribution in [3.05, 3.63) is 18.6 Å². The number of aromatic nitrogens is 2. The van der Waals surface area contributed by atoms with Gasteiger partial charge in [-0.25, -0.2) is 4.98 Å². The number of carbonyl (C=O) groups is 1. The molecule has 1 aliphatic carbocycles. The number of nitrogens with one attached hydrogen (secondary N) is 1. The van der Waals surface area contributed by atoms with Gasteiger partial charge in [0.1, 0.15) is 0 Å². The van der Waals surface area contributed by atoms with E-state index in [9.17, 15) is 4.79 Å². The molecule has 0 radical (unpaired) electrons.